The van der Waals surface area contributed by atoms with E-state index < -0.39 is 22.0 Å². The monoisotopic (exact) mass is 496 g/mol. The molecule has 2 aromatic rings. The summed E-state index contributed by atoms with van der Waals surface area (Å²) < 4.78 is 43.7. The normalized spacial score (nSPS) is 15.6. The van der Waals surface area contributed by atoms with Gasteiger partial charge in [0.15, 0.2) is 0 Å². The fraction of sp³-hybridized carbons (Fsp3) is 0.364. The Morgan fingerprint density at radius 1 is 1.06 bits per heavy atom. The summed E-state index contributed by atoms with van der Waals surface area (Å²) in [7, 11) is -1.77. The molecular formula is C22H25ClN2O7S. The van der Waals surface area contributed by atoms with Gasteiger partial charge in [-0.25, -0.2) is 22.7 Å². The minimum atomic E-state index is -4.10. The first kappa shape index (κ1) is 25.1. The number of esters is 2. The van der Waals surface area contributed by atoms with Gasteiger partial charge in [-0.05, 0) is 35.9 Å². The van der Waals surface area contributed by atoms with Gasteiger partial charge in [-0.1, -0.05) is 23.7 Å². The number of halogens is 1. The van der Waals surface area contributed by atoms with E-state index in [0.29, 0.717) is 31.3 Å². The van der Waals surface area contributed by atoms with Gasteiger partial charge in [0.25, 0.3) is 0 Å². The Kier molecular flexibility index (Phi) is 8.44. The largest absolute Gasteiger partial charge is 0.465 e. The van der Waals surface area contributed by atoms with Crippen LogP contribution in [0.5, 0.6) is 0 Å². The Bertz CT molecular complexity index is 1080. The van der Waals surface area contributed by atoms with Crippen LogP contribution >= 0.6 is 11.6 Å². The Morgan fingerprint density at radius 2 is 1.67 bits per heavy atom. The van der Waals surface area contributed by atoms with E-state index in [4.69, 9.17) is 16.3 Å². The van der Waals surface area contributed by atoms with Crippen molar-refractivity contribution in [1.29, 1.82) is 0 Å². The number of methoxy groups -OCH3 is 2. The number of hydrogen-bond acceptors (Lipinski definition) is 8. The molecule has 1 aliphatic heterocycles. The minimum Gasteiger partial charge on any atom is -0.465 e. The van der Waals surface area contributed by atoms with E-state index in [9.17, 15) is 18.0 Å². The van der Waals surface area contributed by atoms with Gasteiger partial charge in [0.2, 0.25) is 10.0 Å². The number of benzene rings is 2. The molecule has 0 amide bonds. The number of morpholine rings is 1. The van der Waals surface area contributed by atoms with Crippen molar-refractivity contribution < 1.29 is 32.2 Å². The Labute approximate surface area is 197 Å². The van der Waals surface area contributed by atoms with Crippen LogP contribution in [0.3, 0.4) is 0 Å². The number of hydrogen-bond donors (Lipinski definition) is 1. The van der Waals surface area contributed by atoms with Crippen LogP contribution in [-0.4, -0.2) is 72.3 Å². The number of rotatable bonds is 8. The molecule has 1 fully saturated rings. The summed E-state index contributed by atoms with van der Waals surface area (Å²) in [5.41, 5.74) is 0.686. The Morgan fingerprint density at radius 3 is 2.21 bits per heavy atom. The lowest BCUT2D eigenvalue weighted by Crippen LogP contribution is -2.43. The molecule has 1 saturated heterocycles. The van der Waals surface area contributed by atoms with Crippen LogP contribution in [0.25, 0.3) is 0 Å². The van der Waals surface area contributed by atoms with Gasteiger partial charge in [0.1, 0.15) is 0 Å². The third-order valence-corrected chi connectivity index (χ3v) is 6.88. The van der Waals surface area contributed by atoms with Gasteiger partial charge in [-0.15, -0.1) is 0 Å². The first-order valence-corrected chi connectivity index (χ1v) is 12.0. The molecule has 1 unspecified atom stereocenters. The lowest BCUT2D eigenvalue weighted by atomic mass is 10.1. The lowest BCUT2D eigenvalue weighted by molar-refractivity contribution is 0.0172. The summed E-state index contributed by atoms with van der Waals surface area (Å²) in [4.78, 5) is 25.9. The average molecular weight is 497 g/mol. The van der Waals surface area contributed by atoms with Gasteiger partial charge in [-0.3, -0.25) is 4.90 Å². The van der Waals surface area contributed by atoms with Gasteiger partial charge in [0.05, 0.1) is 43.5 Å². The minimum absolute atomic E-state index is 0.0404. The third kappa shape index (κ3) is 6.30. The summed E-state index contributed by atoms with van der Waals surface area (Å²) in [6.07, 6.45) is 0. The molecule has 33 heavy (non-hydrogen) atoms. The fourth-order valence-corrected chi connectivity index (χ4v) is 4.87. The van der Waals surface area contributed by atoms with Crippen molar-refractivity contribution in [2.45, 2.75) is 10.9 Å². The van der Waals surface area contributed by atoms with Crippen LogP contribution in [0.4, 0.5) is 0 Å². The zero-order valence-electron chi connectivity index (χ0n) is 18.2. The van der Waals surface area contributed by atoms with Crippen molar-refractivity contribution >= 4 is 33.6 Å². The molecule has 178 valence electrons. The van der Waals surface area contributed by atoms with Crippen molar-refractivity contribution in [2.24, 2.45) is 0 Å². The van der Waals surface area contributed by atoms with Crippen molar-refractivity contribution in [1.82, 2.24) is 9.62 Å². The second-order valence-electron chi connectivity index (χ2n) is 7.30. The van der Waals surface area contributed by atoms with E-state index in [1.54, 1.807) is 12.1 Å². The highest BCUT2D eigenvalue weighted by Gasteiger charge is 2.26. The van der Waals surface area contributed by atoms with E-state index in [-0.39, 0.29) is 28.6 Å². The van der Waals surface area contributed by atoms with Crippen LogP contribution < -0.4 is 4.72 Å². The molecule has 1 N–H and O–H groups in total. The molecular weight excluding hydrogens is 472 g/mol. The number of nitrogens with zero attached hydrogens (tertiary/aromatic N) is 1. The number of nitrogens with one attached hydrogen (secondary N) is 1. The molecule has 3 rings (SSSR count). The van der Waals surface area contributed by atoms with Crippen LogP contribution in [0.2, 0.25) is 5.02 Å². The summed E-state index contributed by atoms with van der Waals surface area (Å²) in [5, 5.41) is 0.544. The summed E-state index contributed by atoms with van der Waals surface area (Å²) >= 11 is 6.17. The molecule has 1 atom stereocenters. The highest BCUT2D eigenvalue weighted by molar-refractivity contribution is 7.89. The second kappa shape index (κ2) is 11.1. The number of sulfonamides is 1. The molecule has 9 nitrogen and oxygen atoms in total. The molecule has 1 heterocycles. The highest BCUT2D eigenvalue weighted by Crippen LogP contribution is 2.25. The highest BCUT2D eigenvalue weighted by atomic mass is 35.5. The predicted octanol–water partition coefficient (Wildman–Crippen LogP) is 2.27. The second-order valence-corrected chi connectivity index (χ2v) is 9.50. The average Bonchev–Trinajstić information content (AvgIpc) is 2.83. The number of carbonyl (C=O) groups is 2. The lowest BCUT2D eigenvalue weighted by Gasteiger charge is -2.35. The van der Waals surface area contributed by atoms with Crippen LogP contribution in [0.1, 0.15) is 32.3 Å². The first-order valence-electron chi connectivity index (χ1n) is 10.1. The van der Waals surface area contributed by atoms with E-state index in [1.807, 2.05) is 12.1 Å². The van der Waals surface area contributed by atoms with Crippen LogP contribution in [-0.2, 0) is 24.2 Å². The summed E-state index contributed by atoms with van der Waals surface area (Å²) in [6, 6.07) is 10.5. The quantitative estimate of drug-likeness (QED) is 0.554. The Hall–Kier alpha value is -2.50. The molecule has 0 spiro atoms. The summed E-state index contributed by atoms with van der Waals surface area (Å²) in [6.45, 7) is 2.37. The predicted molar refractivity (Wildman–Crippen MR) is 121 cm³/mol. The van der Waals surface area contributed by atoms with Crippen LogP contribution in [0.15, 0.2) is 47.4 Å². The first-order chi connectivity index (χ1) is 15.7. The van der Waals surface area contributed by atoms with Crippen molar-refractivity contribution in [2.75, 3.05) is 47.1 Å². The number of ether oxygens (including phenoxy) is 3. The zero-order chi connectivity index (χ0) is 24.0. The molecule has 1 aliphatic rings. The Balaban J connectivity index is 1.91. The van der Waals surface area contributed by atoms with Crippen LogP contribution in [0, 0.1) is 0 Å². The molecule has 0 aliphatic carbocycles. The maximum absolute atomic E-state index is 13.2. The van der Waals surface area contributed by atoms with E-state index in [1.165, 1.54) is 6.07 Å². The van der Waals surface area contributed by atoms with E-state index >= 15 is 0 Å². The zero-order valence-corrected chi connectivity index (χ0v) is 19.8. The molecule has 2 aromatic carbocycles. The third-order valence-electron chi connectivity index (χ3n) is 5.25. The van der Waals surface area contributed by atoms with Crippen molar-refractivity contribution in [3.05, 3.63) is 64.2 Å². The summed E-state index contributed by atoms with van der Waals surface area (Å²) in [5.74, 6) is -1.55. The number of carbonyl (C=O) groups excluding carboxylic acids is 2. The van der Waals surface area contributed by atoms with Gasteiger partial charge >= 0.3 is 11.9 Å². The van der Waals surface area contributed by atoms with Crippen molar-refractivity contribution in [3.63, 3.8) is 0 Å². The van der Waals surface area contributed by atoms with Gasteiger partial charge in [-0.2, -0.15) is 0 Å². The van der Waals surface area contributed by atoms with E-state index in [0.717, 1.165) is 31.9 Å². The molecule has 0 saturated carbocycles. The van der Waals surface area contributed by atoms with Gasteiger partial charge in [0, 0.05) is 30.7 Å². The molecule has 11 heteroatoms. The standard InChI is InChI=1S/C22H25ClN2O7S/c1-30-21(26)16-10-17(22(27)31-2)13-19(12-16)33(28,29)24-14-20(25-6-8-32-9-7-25)15-4-3-5-18(23)11-15/h3-5,10-13,20,24H,6-9,14H2,1-2H3. The molecule has 0 aromatic heterocycles. The SMILES string of the molecule is COC(=O)c1cc(C(=O)OC)cc(S(=O)(=O)NCC(c2cccc(Cl)c2)N2CCOCC2)c1. The van der Waals surface area contributed by atoms with E-state index in [2.05, 4.69) is 19.1 Å². The topological polar surface area (TPSA) is 111 Å². The maximum atomic E-state index is 13.2. The molecule has 0 radical (unpaired) electrons. The fourth-order valence-electron chi connectivity index (χ4n) is 3.56. The smallest absolute Gasteiger partial charge is 0.337 e. The van der Waals surface area contributed by atoms with Crippen molar-refractivity contribution in [3.8, 4) is 0 Å². The molecule has 0 bridgehead atoms. The maximum Gasteiger partial charge on any atom is 0.337 e. The van der Waals surface area contributed by atoms with Gasteiger partial charge < -0.3 is 14.2 Å².